The van der Waals surface area contributed by atoms with Gasteiger partial charge in [-0.05, 0) is 12.1 Å². The van der Waals surface area contributed by atoms with Crippen molar-refractivity contribution in [2.24, 2.45) is 5.73 Å². The molecule has 1 amide bonds. The standard InChI is InChI=1S/C11H15ClN2O3.ClH/c1-16-6-8(13)11(15)14-9-5-3-4-7(12)10(9)17-2;/h3-5,8H,6,13H2,1-2H3,(H,14,15);1H. The molecule has 0 bridgehead atoms. The molecule has 1 rings (SSSR count). The summed E-state index contributed by atoms with van der Waals surface area (Å²) in [4.78, 5) is 11.7. The monoisotopic (exact) mass is 294 g/mol. The van der Waals surface area contributed by atoms with Crippen LogP contribution in [0.2, 0.25) is 5.02 Å². The lowest BCUT2D eigenvalue weighted by atomic mass is 10.2. The van der Waals surface area contributed by atoms with Crippen molar-refractivity contribution >= 4 is 35.6 Å². The van der Waals surface area contributed by atoms with E-state index >= 15 is 0 Å². The average Bonchev–Trinajstić information content (AvgIpc) is 2.29. The van der Waals surface area contributed by atoms with Crippen molar-refractivity contribution in [2.75, 3.05) is 26.1 Å². The van der Waals surface area contributed by atoms with E-state index in [0.717, 1.165) is 0 Å². The van der Waals surface area contributed by atoms with E-state index in [9.17, 15) is 4.79 Å². The summed E-state index contributed by atoms with van der Waals surface area (Å²) in [5.74, 6) is 0.0551. The van der Waals surface area contributed by atoms with Gasteiger partial charge in [-0.3, -0.25) is 4.79 Å². The Morgan fingerprint density at radius 1 is 1.50 bits per heavy atom. The van der Waals surface area contributed by atoms with Crippen LogP contribution >= 0.6 is 24.0 Å². The highest BCUT2D eigenvalue weighted by molar-refractivity contribution is 6.32. The Morgan fingerprint density at radius 3 is 2.72 bits per heavy atom. The SMILES string of the molecule is COCC(N)C(=O)Nc1cccc(Cl)c1OC.Cl. The van der Waals surface area contributed by atoms with Crippen molar-refractivity contribution in [3.63, 3.8) is 0 Å². The van der Waals surface area contributed by atoms with Gasteiger partial charge in [-0.25, -0.2) is 0 Å². The number of benzene rings is 1. The van der Waals surface area contributed by atoms with Crippen molar-refractivity contribution in [1.82, 2.24) is 0 Å². The number of halogens is 2. The number of hydrogen-bond acceptors (Lipinski definition) is 4. The molecule has 0 aliphatic rings. The normalized spacial score (nSPS) is 11.3. The number of hydrogen-bond donors (Lipinski definition) is 2. The fourth-order valence-electron chi connectivity index (χ4n) is 1.30. The first-order chi connectivity index (χ1) is 8.10. The van der Waals surface area contributed by atoms with E-state index < -0.39 is 6.04 Å². The van der Waals surface area contributed by atoms with Gasteiger partial charge in [0.15, 0.2) is 5.75 Å². The maximum Gasteiger partial charge on any atom is 0.243 e. The molecule has 102 valence electrons. The third kappa shape index (κ3) is 4.34. The molecule has 18 heavy (non-hydrogen) atoms. The Morgan fingerprint density at radius 2 is 2.17 bits per heavy atom. The van der Waals surface area contributed by atoms with E-state index in [-0.39, 0.29) is 24.9 Å². The highest BCUT2D eigenvalue weighted by Crippen LogP contribution is 2.32. The molecule has 0 aliphatic heterocycles. The number of anilines is 1. The van der Waals surface area contributed by atoms with Crippen LogP contribution in [0.15, 0.2) is 18.2 Å². The Bertz CT molecular complexity index is 402. The van der Waals surface area contributed by atoms with Gasteiger partial charge in [0.1, 0.15) is 6.04 Å². The minimum atomic E-state index is -0.733. The van der Waals surface area contributed by atoms with Gasteiger partial charge in [0.05, 0.1) is 24.4 Å². The number of amides is 1. The summed E-state index contributed by atoms with van der Waals surface area (Å²) >= 11 is 5.92. The summed E-state index contributed by atoms with van der Waals surface area (Å²) in [6.45, 7) is 0.148. The third-order valence-electron chi connectivity index (χ3n) is 2.11. The quantitative estimate of drug-likeness (QED) is 0.867. The lowest BCUT2D eigenvalue weighted by Gasteiger charge is -2.14. The number of para-hydroxylation sites is 1. The Kier molecular flexibility index (Phi) is 7.70. The lowest BCUT2D eigenvalue weighted by molar-refractivity contribution is -0.118. The minimum absolute atomic E-state index is 0. The van der Waals surface area contributed by atoms with Crippen molar-refractivity contribution in [3.05, 3.63) is 23.2 Å². The number of carbonyl (C=O) groups excluding carboxylic acids is 1. The molecule has 0 aliphatic carbocycles. The average molecular weight is 295 g/mol. The van der Waals surface area contributed by atoms with Gasteiger partial charge in [-0.2, -0.15) is 0 Å². The summed E-state index contributed by atoms with van der Waals surface area (Å²) in [5.41, 5.74) is 6.08. The van der Waals surface area contributed by atoms with Crippen LogP contribution in [0.3, 0.4) is 0 Å². The second kappa shape index (κ2) is 8.16. The van der Waals surface area contributed by atoms with Gasteiger partial charge in [0.25, 0.3) is 0 Å². The van der Waals surface area contributed by atoms with E-state index in [0.29, 0.717) is 16.5 Å². The van der Waals surface area contributed by atoms with Crippen molar-refractivity contribution in [1.29, 1.82) is 0 Å². The zero-order chi connectivity index (χ0) is 12.8. The molecule has 0 spiro atoms. The van der Waals surface area contributed by atoms with Crippen molar-refractivity contribution in [2.45, 2.75) is 6.04 Å². The number of nitrogens with one attached hydrogen (secondary N) is 1. The fraction of sp³-hybridized carbons (Fsp3) is 0.364. The van der Waals surface area contributed by atoms with Crippen molar-refractivity contribution < 1.29 is 14.3 Å². The highest BCUT2D eigenvalue weighted by atomic mass is 35.5. The van der Waals surface area contributed by atoms with Gasteiger partial charge < -0.3 is 20.5 Å². The van der Waals surface area contributed by atoms with Crippen LogP contribution < -0.4 is 15.8 Å². The Hall–Kier alpha value is -1.01. The first kappa shape index (κ1) is 17.0. The molecular formula is C11H16Cl2N2O3. The number of ether oxygens (including phenoxy) is 2. The van der Waals surface area contributed by atoms with E-state index in [1.54, 1.807) is 18.2 Å². The molecule has 1 aromatic rings. The zero-order valence-electron chi connectivity index (χ0n) is 10.1. The second-order valence-electron chi connectivity index (χ2n) is 3.37. The molecule has 0 saturated heterocycles. The smallest absolute Gasteiger partial charge is 0.243 e. The van der Waals surface area contributed by atoms with Crippen molar-refractivity contribution in [3.8, 4) is 5.75 Å². The summed E-state index contributed by atoms with van der Waals surface area (Å²) < 4.78 is 9.90. The zero-order valence-corrected chi connectivity index (χ0v) is 11.7. The Balaban J connectivity index is 0.00000289. The molecule has 5 nitrogen and oxygen atoms in total. The highest BCUT2D eigenvalue weighted by Gasteiger charge is 2.16. The Labute approximate surface area is 117 Å². The maximum atomic E-state index is 11.7. The summed E-state index contributed by atoms with van der Waals surface area (Å²) in [5, 5.41) is 3.06. The first-order valence-electron chi connectivity index (χ1n) is 4.98. The molecule has 0 heterocycles. The topological polar surface area (TPSA) is 73.6 Å². The van der Waals surface area contributed by atoms with Gasteiger partial charge in [-0.1, -0.05) is 17.7 Å². The third-order valence-corrected chi connectivity index (χ3v) is 2.41. The van der Waals surface area contributed by atoms with Crippen LogP contribution in [0.1, 0.15) is 0 Å². The number of rotatable bonds is 5. The van der Waals surface area contributed by atoms with Crippen LogP contribution in [0.5, 0.6) is 5.75 Å². The van der Waals surface area contributed by atoms with E-state index in [2.05, 4.69) is 5.32 Å². The predicted octanol–water partition coefficient (Wildman–Crippen LogP) is 1.68. The molecule has 0 saturated carbocycles. The maximum absolute atomic E-state index is 11.7. The molecule has 0 aromatic heterocycles. The summed E-state index contributed by atoms with van der Waals surface area (Å²) in [6.07, 6.45) is 0. The van der Waals surface area contributed by atoms with Crippen LogP contribution in [-0.4, -0.2) is 32.8 Å². The van der Waals surface area contributed by atoms with Gasteiger partial charge in [-0.15, -0.1) is 12.4 Å². The van der Waals surface area contributed by atoms with Crippen LogP contribution in [0.4, 0.5) is 5.69 Å². The number of methoxy groups -OCH3 is 2. The minimum Gasteiger partial charge on any atom is -0.493 e. The molecule has 1 unspecified atom stereocenters. The van der Waals surface area contributed by atoms with Crippen LogP contribution in [0, 0.1) is 0 Å². The summed E-state index contributed by atoms with van der Waals surface area (Å²) in [6, 6.07) is 4.33. The molecule has 7 heteroatoms. The summed E-state index contributed by atoms with van der Waals surface area (Å²) in [7, 11) is 2.96. The number of nitrogens with two attached hydrogens (primary N) is 1. The van der Waals surface area contributed by atoms with Gasteiger partial charge in [0.2, 0.25) is 5.91 Å². The van der Waals surface area contributed by atoms with E-state index in [1.165, 1.54) is 14.2 Å². The van der Waals surface area contributed by atoms with Crippen LogP contribution in [-0.2, 0) is 9.53 Å². The molecule has 1 atom stereocenters. The van der Waals surface area contributed by atoms with E-state index in [4.69, 9.17) is 26.8 Å². The fourth-order valence-corrected chi connectivity index (χ4v) is 1.55. The molecule has 3 N–H and O–H groups in total. The van der Waals surface area contributed by atoms with E-state index in [1.807, 2.05) is 0 Å². The largest absolute Gasteiger partial charge is 0.493 e. The van der Waals surface area contributed by atoms with Gasteiger partial charge >= 0.3 is 0 Å². The second-order valence-corrected chi connectivity index (χ2v) is 3.78. The molecule has 1 aromatic carbocycles. The number of carbonyl (C=O) groups is 1. The lowest BCUT2D eigenvalue weighted by Crippen LogP contribution is -2.39. The van der Waals surface area contributed by atoms with Gasteiger partial charge in [0, 0.05) is 7.11 Å². The van der Waals surface area contributed by atoms with Crippen LogP contribution in [0.25, 0.3) is 0 Å². The predicted molar refractivity (Wildman–Crippen MR) is 73.7 cm³/mol. The first-order valence-corrected chi connectivity index (χ1v) is 5.35. The molecular weight excluding hydrogens is 279 g/mol. The molecule has 0 fully saturated rings. The molecule has 0 radical (unpaired) electrons.